The van der Waals surface area contributed by atoms with Crippen LogP contribution in [0.3, 0.4) is 0 Å². The van der Waals surface area contributed by atoms with Crippen molar-refractivity contribution in [3.8, 4) is 0 Å². The van der Waals surface area contributed by atoms with Crippen molar-refractivity contribution in [2.75, 3.05) is 33.2 Å². The Hall–Kier alpha value is -3.19. The molecule has 29 heavy (non-hydrogen) atoms. The van der Waals surface area contributed by atoms with E-state index in [2.05, 4.69) is 22.2 Å². The highest BCUT2D eigenvalue weighted by Gasteiger charge is 2.20. The maximum absolute atomic E-state index is 12.6. The number of benzene rings is 1. The number of imidazole rings is 1. The van der Waals surface area contributed by atoms with Crippen LogP contribution in [-0.2, 0) is 6.54 Å². The Morgan fingerprint density at radius 2 is 1.76 bits per heavy atom. The highest BCUT2D eigenvalue weighted by Crippen LogP contribution is 2.11. The molecule has 3 heterocycles. The van der Waals surface area contributed by atoms with E-state index in [0.29, 0.717) is 17.7 Å². The second kappa shape index (κ2) is 8.05. The average Bonchev–Trinajstić information content (AvgIpc) is 3.12. The van der Waals surface area contributed by atoms with E-state index >= 15 is 0 Å². The number of aryl methyl sites for hydroxylation is 1. The lowest BCUT2D eigenvalue weighted by Crippen LogP contribution is -2.47. The van der Waals surface area contributed by atoms with Crippen molar-refractivity contribution in [3.05, 3.63) is 71.2 Å². The zero-order valence-electron chi connectivity index (χ0n) is 16.8. The van der Waals surface area contributed by atoms with Crippen molar-refractivity contribution >= 4 is 17.5 Å². The van der Waals surface area contributed by atoms with Gasteiger partial charge in [0.05, 0.1) is 0 Å². The molecule has 2 amide bonds. The van der Waals surface area contributed by atoms with Crippen LogP contribution < -0.4 is 5.32 Å². The van der Waals surface area contributed by atoms with Crippen molar-refractivity contribution < 1.29 is 9.59 Å². The summed E-state index contributed by atoms with van der Waals surface area (Å²) in [5.41, 5.74) is 3.99. The predicted octanol–water partition coefficient (Wildman–Crippen LogP) is 1.96. The fourth-order valence-corrected chi connectivity index (χ4v) is 3.49. The molecule has 1 N–H and O–H groups in total. The van der Waals surface area contributed by atoms with Gasteiger partial charge in [-0.1, -0.05) is 12.1 Å². The van der Waals surface area contributed by atoms with Crippen LogP contribution >= 0.6 is 0 Å². The molecule has 0 atom stereocenters. The van der Waals surface area contributed by atoms with Crippen LogP contribution in [0.5, 0.6) is 0 Å². The SMILES string of the molecule is Cc1cnc2cc(C(=O)NCc3ccc(C(=O)N4CCN(C)CC4)cc3)ccn12. The molecule has 0 radical (unpaired) electrons. The Morgan fingerprint density at radius 3 is 2.48 bits per heavy atom. The number of aromatic nitrogens is 2. The molecule has 150 valence electrons. The van der Waals surface area contributed by atoms with Crippen LogP contribution in [0, 0.1) is 6.92 Å². The summed E-state index contributed by atoms with van der Waals surface area (Å²) in [5.74, 6) is -0.0808. The maximum Gasteiger partial charge on any atom is 0.253 e. The van der Waals surface area contributed by atoms with E-state index in [-0.39, 0.29) is 11.8 Å². The van der Waals surface area contributed by atoms with Gasteiger partial charge in [-0.3, -0.25) is 9.59 Å². The summed E-state index contributed by atoms with van der Waals surface area (Å²) in [7, 11) is 2.07. The molecule has 3 aromatic rings. The first kappa shape index (κ1) is 19.1. The molecule has 4 rings (SSSR count). The fraction of sp³-hybridized carbons (Fsp3) is 0.318. The van der Waals surface area contributed by atoms with E-state index in [1.54, 1.807) is 18.3 Å². The van der Waals surface area contributed by atoms with Gasteiger partial charge in [-0.25, -0.2) is 4.98 Å². The Bertz CT molecular complexity index is 1030. The first-order valence-electron chi connectivity index (χ1n) is 9.80. The highest BCUT2D eigenvalue weighted by molar-refractivity contribution is 5.95. The van der Waals surface area contributed by atoms with Crippen molar-refractivity contribution in [1.29, 1.82) is 0 Å². The highest BCUT2D eigenvalue weighted by atomic mass is 16.2. The molecule has 2 aromatic heterocycles. The van der Waals surface area contributed by atoms with Gasteiger partial charge < -0.3 is 19.5 Å². The third-order valence-electron chi connectivity index (χ3n) is 5.40. The number of nitrogens with zero attached hydrogens (tertiary/aromatic N) is 4. The Kier molecular flexibility index (Phi) is 5.31. The van der Waals surface area contributed by atoms with Gasteiger partial charge in [0.25, 0.3) is 11.8 Å². The Labute approximate surface area is 169 Å². The number of hydrogen-bond acceptors (Lipinski definition) is 4. The van der Waals surface area contributed by atoms with E-state index in [1.165, 1.54) is 0 Å². The monoisotopic (exact) mass is 391 g/mol. The van der Waals surface area contributed by atoms with E-state index in [9.17, 15) is 9.59 Å². The number of piperazine rings is 1. The van der Waals surface area contributed by atoms with Gasteiger partial charge in [-0.05, 0) is 43.8 Å². The number of hydrogen-bond donors (Lipinski definition) is 1. The van der Waals surface area contributed by atoms with Crippen LogP contribution in [-0.4, -0.2) is 64.2 Å². The number of amides is 2. The standard InChI is InChI=1S/C22H25N5O2/c1-16-14-23-20-13-19(7-8-27(16)20)21(28)24-15-17-3-5-18(6-4-17)22(29)26-11-9-25(2)10-12-26/h3-8,13-14H,9-12,15H2,1-2H3,(H,24,28). The average molecular weight is 391 g/mol. The fourth-order valence-electron chi connectivity index (χ4n) is 3.49. The van der Waals surface area contributed by atoms with Gasteiger partial charge in [0, 0.05) is 61.9 Å². The summed E-state index contributed by atoms with van der Waals surface area (Å²) >= 11 is 0. The number of fused-ring (bicyclic) bond motifs is 1. The number of carbonyl (C=O) groups excluding carboxylic acids is 2. The number of likely N-dealkylation sites (N-methyl/N-ethyl adjacent to an activating group) is 1. The van der Waals surface area contributed by atoms with Gasteiger partial charge in [-0.15, -0.1) is 0 Å². The molecule has 0 unspecified atom stereocenters. The largest absolute Gasteiger partial charge is 0.348 e. The van der Waals surface area contributed by atoms with E-state index in [4.69, 9.17) is 0 Å². The van der Waals surface area contributed by atoms with Gasteiger partial charge >= 0.3 is 0 Å². The minimum absolute atomic E-state index is 0.0666. The van der Waals surface area contributed by atoms with Crippen LogP contribution in [0.15, 0.2) is 48.8 Å². The summed E-state index contributed by atoms with van der Waals surface area (Å²) < 4.78 is 1.94. The van der Waals surface area contributed by atoms with Gasteiger partial charge in [0.2, 0.25) is 0 Å². The normalized spacial score (nSPS) is 14.9. The molecule has 0 bridgehead atoms. The van der Waals surface area contributed by atoms with E-state index in [1.807, 2.05) is 46.7 Å². The van der Waals surface area contributed by atoms with E-state index < -0.39 is 0 Å². The summed E-state index contributed by atoms with van der Waals surface area (Å²) in [6.07, 6.45) is 3.63. The lowest BCUT2D eigenvalue weighted by atomic mass is 10.1. The molecule has 0 aliphatic carbocycles. The molecular weight excluding hydrogens is 366 g/mol. The van der Waals surface area contributed by atoms with Crippen molar-refractivity contribution in [2.45, 2.75) is 13.5 Å². The lowest BCUT2D eigenvalue weighted by Gasteiger charge is -2.32. The zero-order chi connectivity index (χ0) is 20.4. The second-order valence-corrected chi connectivity index (χ2v) is 7.52. The van der Waals surface area contributed by atoms with Crippen LogP contribution in [0.25, 0.3) is 5.65 Å². The molecule has 1 fully saturated rings. The zero-order valence-corrected chi connectivity index (χ0v) is 16.8. The first-order chi connectivity index (χ1) is 14.0. The van der Waals surface area contributed by atoms with E-state index in [0.717, 1.165) is 43.1 Å². The summed E-state index contributed by atoms with van der Waals surface area (Å²) in [4.78, 5) is 33.5. The number of carbonyl (C=O) groups is 2. The molecule has 0 spiro atoms. The number of pyridine rings is 1. The van der Waals surface area contributed by atoms with Crippen molar-refractivity contribution in [2.24, 2.45) is 0 Å². The third kappa shape index (κ3) is 4.14. The smallest absolute Gasteiger partial charge is 0.253 e. The lowest BCUT2D eigenvalue weighted by molar-refractivity contribution is 0.0664. The summed E-state index contributed by atoms with van der Waals surface area (Å²) in [6.45, 7) is 5.69. The van der Waals surface area contributed by atoms with Crippen LogP contribution in [0.2, 0.25) is 0 Å². The third-order valence-corrected chi connectivity index (χ3v) is 5.40. The molecule has 7 heteroatoms. The molecule has 1 aromatic carbocycles. The second-order valence-electron chi connectivity index (χ2n) is 7.52. The van der Waals surface area contributed by atoms with Gasteiger partial charge in [0.15, 0.2) is 0 Å². The summed E-state index contributed by atoms with van der Waals surface area (Å²) in [6, 6.07) is 11.0. The van der Waals surface area contributed by atoms with Gasteiger partial charge in [0.1, 0.15) is 5.65 Å². The minimum Gasteiger partial charge on any atom is -0.348 e. The van der Waals surface area contributed by atoms with Crippen molar-refractivity contribution in [3.63, 3.8) is 0 Å². The topological polar surface area (TPSA) is 70.0 Å². The summed E-state index contributed by atoms with van der Waals surface area (Å²) in [5, 5.41) is 2.93. The molecule has 7 nitrogen and oxygen atoms in total. The van der Waals surface area contributed by atoms with Crippen LogP contribution in [0.4, 0.5) is 0 Å². The number of nitrogens with one attached hydrogen (secondary N) is 1. The minimum atomic E-state index is -0.147. The predicted molar refractivity (Wildman–Crippen MR) is 111 cm³/mol. The quantitative estimate of drug-likeness (QED) is 0.738. The number of rotatable bonds is 4. The Morgan fingerprint density at radius 1 is 1.03 bits per heavy atom. The maximum atomic E-state index is 12.6. The van der Waals surface area contributed by atoms with Crippen LogP contribution in [0.1, 0.15) is 32.0 Å². The molecular formula is C22H25N5O2. The van der Waals surface area contributed by atoms with Gasteiger partial charge in [-0.2, -0.15) is 0 Å². The molecule has 1 saturated heterocycles. The Balaban J connectivity index is 1.35. The molecule has 1 aliphatic heterocycles. The molecule has 1 aliphatic rings. The first-order valence-corrected chi connectivity index (χ1v) is 9.80. The van der Waals surface area contributed by atoms with Crippen molar-refractivity contribution in [1.82, 2.24) is 24.5 Å². The molecule has 0 saturated carbocycles.